The molecule has 1 N–H and O–H groups in total. The van der Waals surface area contributed by atoms with Crippen molar-refractivity contribution in [3.8, 4) is 0 Å². The van der Waals surface area contributed by atoms with Gasteiger partial charge in [-0.1, -0.05) is 26.3 Å². The molecule has 0 aliphatic heterocycles. The van der Waals surface area contributed by atoms with Gasteiger partial charge in [0.1, 0.15) is 5.60 Å². The van der Waals surface area contributed by atoms with Crippen molar-refractivity contribution < 1.29 is 14.3 Å². The summed E-state index contributed by atoms with van der Waals surface area (Å²) in [6, 6.07) is 0. The molecule has 5 aliphatic carbocycles. The van der Waals surface area contributed by atoms with Gasteiger partial charge >= 0.3 is 5.97 Å². The van der Waals surface area contributed by atoms with E-state index in [-0.39, 0.29) is 23.9 Å². The van der Waals surface area contributed by atoms with Crippen LogP contribution in [0.3, 0.4) is 0 Å². The Kier molecular flexibility index (Phi) is 5.35. The lowest BCUT2D eigenvalue weighted by molar-refractivity contribution is -0.233. The molecule has 0 heterocycles. The number of hydrogen-bond donors (Lipinski definition) is 1. The Morgan fingerprint density at radius 1 is 1.00 bits per heavy atom. The molecule has 0 radical (unpaired) electrons. The van der Waals surface area contributed by atoms with Crippen molar-refractivity contribution in [1.29, 1.82) is 0 Å². The fourth-order valence-corrected chi connectivity index (χ4v) is 7.16. The van der Waals surface area contributed by atoms with Crippen LogP contribution in [0.25, 0.3) is 0 Å². The van der Waals surface area contributed by atoms with Gasteiger partial charge in [-0.2, -0.15) is 0 Å². The quantitative estimate of drug-likeness (QED) is 0.559. The van der Waals surface area contributed by atoms with Crippen LogP contribution in [0.5, 0.6) is 0 Å². The van der Waals surface area contributed by atoms with Gasteiger partial charge in [0.05, 0.1) is 6.42 Å². The van der Waals surface area contributed by atoms with Gasteiger partial charge in [-0.15, -0.1) is 0 Å². The fraction of sp³-hybridized carbons (Fsp3) is 0.826. The summed E-state index contributed by atoms with van der Waals surface area (Å²) in [6.45, 7) is 6.14. The number of hydrogen-bond acceptors (Lipinski definition) is 3. The highest BCUT2D eigenvalue weighted by molar-refractivity contribution is 5.87. The van der Waals surface area contributed by atoms with Gasteiger partial charge in [0.25, 0.3) is 0 Å². The summed E-state index contributed by atoms with van der Waals surface area (Å²) in [7, 11) is 0. The first-order valence-corrected chi connectivity index (χ1v) is 11.1. The molecule has 5 fully saturated rings. The SMILES string of the molecule is C=CC(=O)NCCC(=O)OC1(C2CCC(C)CC2)C2CC3CC(C2)CC1C3. The molecule has 0 aromatic heterocycles. The topological polar surface area (TPSA) is 55.4 Å². The van der Waals surface area contributed by atoms with Gasteiger partial charge in [0.2, 0.25) is 5.91 Å². The molecule has 1 amide bonds. The van der Waals surface area contributed by atoms with Gasteiger partial charge in [-0.3, -0.25) is 9.59 Å². The van der Waals surface area contributed by atoms with Crippen molar-refractivity contribution in [1.82, 2.24) is 5.32 Å². The third-order valence-electron chi connectivity index (χ3n) is 8.17. The van der Waals surface area contributed by atoms with Gasteiger partial charge < -0.3 is 10.1 Å². The molecule has 4 heteroatoms. The minimum absolute atomic E-state index is 0.120. The number of rotatable bonds is 6. The number of esters is 1. The van der Waals surface area contributed by atoms with Gasteiger partial charge in [-0.05, 0) is 86.5 Å². The number of carbonyl (C=O) groups excluding carboxylic acids is 2. The van der Waals surface area contributed by atoms with Gasteiger partial charge in [-0.25, -0.2) is 0 Å². The van der Waals surface area contributed by atoms with Crippen LogP contribution in [0.1, 0.15) is 71.1 Å². The maximum atomic E-state index is 12.8. The van der Waals surface area contributed by atoms with Gasteiger partial charge in [0.15, 0.2) is 0 Å². The highest BCUT2D eigenvalue weighted by atomic mass is 16.6. The first-order chi connectivity index (χ1) is 13.0. The van der Waals surface area contributed by atoms with E-state index in [0.29, 0.717) is 24.3 Å². The molecule has 4 bridgehead atoms. The Morgan fingerprint density at radius 2 is 1.59 bits per heavy atom. The number of ether oxygens (including phenoxy) is 1. The van der Waals surface area contributed by atoms with E-state index in [4.69, 9.17) is 4.74 Å². The Hall–Kier alpha value is -1.32. The maximum Gasteiger partial charge on any atom is 0.308 e. The zero-order valence-electron chi connectivity index (χ0n) is 16.8. The molecule has 27 heavy (non-hydrogen) atoms. The summed E-state index contributed by atoms with van der Waals surface area (Å²) in [4.78, 5) is 24.2. The molecular formula is C23H35NO3. The molecule has 0 saturated heterocycles. The molecule has 0 aromatic rings. The van der Waals surface area contributed by atoms with Crippen molar-refractivity contribution in [2.24, 2.45) is 35.5 Å². The van der Waals surface area contributed by atoms with Crippen LogP contribution in [0.4, 0.5) is 0 Å². The summed E-state index contributed by atoms with van der Waals surface area (Å²) in [6.07, 6.45) is 12.9. The summed E-state index contributed by atoms with van der Waals surface area (Å²) < 4.78 is 6.49. The number of nitrogens with one attached hydrogen (secondary N) is 1. The molecule has 0 spiro atoms. The average molecular weight is 374 g/mol. The average Bonchev–Trinajstić information content (AvgIpc) is 2.64. The molecule has 150 valence electrons. The van der Waals surface area contributed by atoms with Crippen molar-refractivity contribution in [2.45, 2.75) is 76.7 Å². The van der Waals surface area contributed by atoms with Crippen LogP contribution in [-0.4, -0.2) is 24.0 Å². The Morgan fingerprint density at radius 3 is 2.15 bits per heavy atom. The molecule has 0 unspecified atom stereocenters. The molecule has 0 aromatic carbocycles. The van der Waals surface area contributed by atoms with Crippen LogP contribution in [0.15, 0.2) is 12.7 Å². The minimum atomic E-state index is -0.228. The third kappa shape index (κ3) is 3.56. The molecule has 4 nitrogen and oxygen atoms in total. The van der Waals surface area contributed by atoms with E-state index in [9.17, 15) is 9.59 Å². The minimum Gasteiger partial charge on any atom is -0.458 e. The molecule has 0 atom stereocenters. The molecular weight excluding hydrogens is 338 g/mol. The summed E-state index contributed by atoms with van der Waals surface area (Å²) in [5.74, 6) is 3.87. The van der Waals surface area contributed by atoms with Crippen molar-refractivity contribution in [3.05, 3.63) is 12.7 Å². The first kappa shape index (κ1) is 19.0. The van der Waals surface area contributed by atoms with Crippen LogP contribution >= 0.6 is 0 Å². The predicted molar refractivity (Wildman–Crippen MR) is 105 cm³/mol. The fourth-order valence-electron chi connectivity index (χ4n) is 7.16. The molecule has 5 aliphatic rings. The zero-order valence-corrected chi connectivity index (χ0v) is 16.8. The highest BCUT2D eigenvalue weighted by Crippen LogP contribution is 2.63. The van der Waals surface area contributed by atoms with E-state index >= 15 is 0 Å². The van der Waals surface area contributed by atoms with Crippen LogP contribution < -0.4 is 5.32 Å². The van der Waals surface area contributed by atoms with Crippen LogP contribution in [-0.2, 0) is 14.3 Å². The van der Waals surface area contributed by atoms with E-state index in [1.807, 2.05) is 0 Å². The second-order valence-electron chi connectivity index (χ2n) is 9.83. The lowest BCUT2D eigenvalue weighted by atomic mass is 9.46. The predicted octanol–water partition coefficient (Wildman–Crippen LogP) is 4.24. The van der Waals surface area contributed by atoms with E-state index in [2.05, 4.69) is 18.8 Å². The zero-order chi connectivity index (χ0) is 19.0. The molecule has 5 rings (SSSR count). The lowest BCUT2D eigenvalue weighted by Gasteiger charge is -2.63. The smallest absolute Gasteiger partial charge is 0.308 e. The normalized spacial score (nSPS) is 42.6. The van der Waals surface area contributed by atoms with Gasteiger partial charge in [0, 0.05) is 6.54 Å². The number of amides is 1. The van der Waals surface area contributed by atoms with Crippen LogP contribution in [0.2, 0.25) is 0 Å². The van der Waals surface area contributed by atoms with E-state index in [1.54, 1.807) is 0 Å². The first-order valence-electron chi connectivity index (χ1n) is 11.1. The van der Waals surface area contributed by atoms with E-state index < -0.39 is 0 Å². The number of carbonyl (C=O) groups is 2. The van der Waals surface area contributed by atoms with Crippen LogP contribution in [0, 0.1) is 35.5 Å². The Balaban J connectivity index is 1.50. The summed E-state index contributed by atoms with van der Waals surface area (Å²) >= 11 is 0. The standard InChI is InChI=1S/C23H35NO3/c1-3-21(25)24-9-8-22(26)27-23(18-6-4-15(2)5-7-18)19-11-16-10-17(13-19)14-20(23)12-16/h3,15-20H,1,4-14H2,2H3,(H,24,25). The maximum absolute atomic E-state index is 12.8. The molecule has 5 saturated carbocycles. The monoisotopic (exact) mass is 373 g/mol. The Labute approximate surface area is 163 Å². The second-order valence-corrected chi connectivity index (χ2v) is 9.83. The third-order valence-corrected chi connectivity index (χ3v) is 8.17. The lowest BCUT2D eigenvalue weighted by Crippen LogP contribution is -2.63. The largest absolute Gasteiger partial charge is 0.458 e. The van der Waals surface area contributed by atoms with Crippen molar-refractivity contribution in [2.75, 3.05) is 6.54 Å². The summed E-state index contributed by atoms with van der Waals surface area (Å²) in [5, 5.41) is 2.71. The van der Waals surface area contributed by atoms with Crippen molar-refractivity contribution >= 4 is 11.9 Å². The van der Waals surface area contributed by atoms with Crippen molar-refractivity contribution in [3.63, 3.8) is 0 Å². The summed E-state index contributed by atoms with van der Waals surface area (Å²) in [5.41, 5.74) is -0.215. The van der Waals surface area contributed by atoms with E-state index in [1.165, 1.54) is 63.9 Å². The second kappa shape index (κ2) is 7.60. The Bertz CT molecular complexity index is 562. The van der Waals surface area contributed by atoms with E-state index in [0.717, 1.165) is 17.8 Å². The highest BCUT2D eigenvalue weighted by Gasteiger charge is 2.62.